The Labute approximate surface area is 121 Å². The van der Waals surface area contributed by atoms with Gasteiger partial charge in [0.2, 0.25) is 0 Å². The van der Waals surface area contributed by atoms with E-state index in [2.05, 4.69) is 10.1 Å². The minimum Gasteiger partial charge on any atom is -0.465 e. The first-order chi connectivity index (χ1) is 9.61. The Balaban J connectivity index is 1.96. The number of carbonyl (C=O) groups excluding carboxylic acids is 1. The molecule has 0 fully saturated rings. The lowest BCUT2D eigenvalue weighted by atomic mass is 10.1. The van der Waals surface area contributed by atoms with Gasteiger partial charge in [-0.15, -0.1) is 11.3 Å². The lowest BCUT2D eigenvalue weighted by Gasteiger charge is -2.07. The van der Waals surface area contributed by atoms with Crippen LogP contribution < -0.4 is 0 Å². The molecule has 0 N–H and O–H groups in total. The Kier molecular flexibility index (Phi) is 3.33. The number of thiazole rings is 1. The van der Waals surface area contributed by atoms with Gasteiger partial charge in [-0.1, -0.05) is 5.16 Å². The molecule has 2 aromatic rings. The van der Waals surface area contributed by atoms with Crippen LogP contribution in [0.5, 0.6) is 0 Å². The van der Waals surface area contributed by atoms with E-state index in [0.29, 0.717) is 6.61 Å². The summed E-state index contributed by atoms with van der Waals surface area (Å²) in [6.45, 7) is 6.02. The molecule has 0 spiro atoms. The van der Waals surface area contributed by atoms with Crippen molar-refractivity contribution in [3.05, 3.63) is 22.0 Å². The van der Waals surface area contributed by atoms with Crippen LogP contribution in [0.4, 0.5) is 0 Å². The van der Waals surface area contributed by atoms with Crippen LogP contribution in [0.3, 0.4) is 0 Å². The Hall–Kier alpha value is -1.69. The van der Waals surface area contributed by atoms with Crippen molar-refractivity contribution in [3.8, 4) is 10.6 Å². The molecule has 0 amide bonds. The predicted octanol–water partition coefficient (Wildman–Crippen LogP) is 3.01. The number of aromatic nitrogens is 2. The molecule has 1 unspecified atom stereocenters. The summed E-state index contributed by atoms with van der Waals surface area (Å²) in [7, 11) is 0. The molecule has 0 aliphatic heterocycles. The summed E-state index contributed by atoms with van der Waals surface area (Å²) < 4.78 is 10.3. The van der Waals surface area contributed by atoms with Crippen LogP contribution in [-0.4, -0.2) is 22.7 Å². The molecule has 106 valence electrons. The fourth-order valence-electron chi connectivity index (χ4n) is 2.59. The minimum atomic E-state index is -0.213. The molecule has 0 bridgehead atoms. The molecule has 3 rings (SSSR count). The highest BCUT2D eigenvalue weighted by Gasteiger charge is 2.34. The molecule has 6 heteroatoms. The van der Waals surface area contributed by atoms with Gasteiger partial charge in [-0.3, -0.25) is 4.79 Å². The first-order valence-corrected chi connectivity index (χ1v) is 7.53. The summed E-state index contributed by atoms with van der Waals surface area (Å²) in [6, 6.07) is 0. The van der Waals surface area contributed by atoms with E-state index >= 15 is 0 Å². The number of aryl methyl sites for hydroxylation is 3. The zero-order chi connectivity index (χ0) is 14.3. The van der Waals surface area contributed by atoms with Gasteiger partial charge in [0.05, 0.1) is 23.6 Å². The smallest absolute Gasteiger partial charge is 0.315 e. The number of fused-ring (bicyclic) bond motifs is 1. The topological polar surface area (TPSA) is 65.2 Å². The number of hydrogen-bond acceptors (Lipinski definition) is 6. The van der Waals surface area contributed by atoms with Gasteiger partial charge in [-0.05, 0) is 33.6 Å². The minimum absolute atomic E-state index is 0.165. The molecule has 1 aliphatic carbocycles. The van der Waals surface area contributed by atoms with Gasteiger partial charge >= 0.3 is 5.97 Å². The Morgan fingerprint density at radius 3 is 2.95 bits per heavy atom. The van der Waals surface area contributed by atoms with Crippen molar-refractivity contribution in [2.24, 2.45) is 0 Å². The third-order valence-electron chi connectivity index (χ3n) is 3.54. The average Bonchev–Trinajstić information content (AvgIpc) is 3.04. The van der Waals surface area contributed by atoms with Gasteiger partial charge in [0, 0.05) is 4.88 Å². The van der Waals surface area contributed by atoms with Crippen molar-refractivity contribution in [3.63, 3.8) is 0 Å². The Morgan fingerprint density at radius 1 is 1.50 bits per heavy atom. The first kappa shape index (κ1) is 13.3. The highest BCUT2D eigenvalue weighted by molar-refractivity contribution is 7.15. The molecule has 2 aromatic heterocycles. The molecular formula is C14H16N2O3S. The zero-order valence-electron chi connectivity index (χ0n) is 11.7. The van der Waals surface area contributed by atoms with E-state index in [9.17, 15) is 4.79 Å². The second kappa shape index (κ2) is 5.01. The van der Waals surface area contributed by atoms with Crippen LogP contribution in [-0.2, 0) is 16.0 Å². The van der Waals surface area contributed by atoms with Crippen LogP contribution in [0.15, 0.2) is 4.52 Å². The van der Waals surface area contributed by atoms with E-state index in [0.717, 1.165) is 40.6 Å². The molecule has 1 aliphatic rings. The van der Waals surface area contributed by atoms with Crippen LogP contribution in [0, 0.1) is 13.8 Å². The van der Waals surface area contributed by atoms with Crippen LogP contribution in [0.1, 0.15) is 41.3 Å². The highest BCUT2D eigenvalue weighted by atomic mass is 32.1. The summed E-state index contributed by atoms with van der Waals surface area (Å²) in [6.07, 6.45) is 1.69. The van der Waals surface area contributed by atoms with Crippen molar-refractivity contribution in [2.45, 2.75) is 39.5 Å². The zero-order valence-corrected chi connectivity index (χ0v) is 12.5. The van der Waals surface area contributed by atoms with Crippen molar-refractivity contribution < 1.29 is 14.1 Å². The SMILES string of the molecule is CCOC(=O)C1CCc2sc(-c3c(C)noc3C)nc21. The second-order valence-electron chi connectivity index (χ2n) is 4.87. The summed E-state index contributed by atoms with van der Waals surface area (Å²) in [5.74, 6) is 0.389. The maximum absolute atomic E-state index is 11.9. The largest absolute Gasteiger partial charge is 0.465 e. The molecule has 0 radical (unpaired) electrons. The van der Waals surface area contributed by atoms with E-state index in [1.807, 2.05) is 20.8 Å². The van der Waals surface area contributed by atoms with Crippen LogP contribution in [0.2, 0.25) is 0 Å². The summed E-state index contributed by atoms with van der Waals surface area (Å²) in [5, 5.41) is 4.85. The predicted molar refractivity (Wildman–Crippen MR) is 74.8 cm³/mol. The lowest BCUT2D eigenvalue weighted by molar-refractivity contribution is -0.145. The molecule has 0 saturated carbocycles. The summed E-state index contributed by atoms with van der Waals surface area (Å²) >= 11 is 1.63. The quantitative estimate of drug-likeness (QED) is 0.814. The van der Waals surface area contributed by atoms with Gasteiger partial charge in [0.15, 0.2) is 0 Å². The molecule has 2 heterocycles. The second-order valence-corrected chi connectivity index (χ2v) is 5.95. The van der Waals surface area contributed by atoms with Gasteiger partial charge in [0.25, 0.3) is 0 Å². The van der Waals surface area contributed by atoms with Crippen molar-refractivity contribution in [1.82, 2.24) is 10.1 Å². The van der Waals surface area contributed by atoms with Crippen molar-refractivity contribution in [2.75, 3.05) is 6.61 Å². The number of nitrogens with zero attached hydrogens (tertiary/aromatic N) is 2. The summed E-state index contributed by atoms with van der Waals surface area (Å²) in [5.41, 5.74) is 2.66. The van der Waals surface area contributed by atoms with Crippen LogP contribution >= 0.6 is 11.3 Å². The standard InChI is InChI=1S/C14H16N2O3S/c1-4-18-14(17)9-5-6-10-12(9)15-13(20-10)11-7(2)16-19-8(11)3/h9H,4-6H2,1-3H3. The molecule has 1 atom stereocenters. The molecule has 5 nitrogen and oxygen atoms in total. The maximum Gasteiger partial charge on any atom is 0.315 e. The van der Waals surface area contributed by atoms with Crippen molar-refractivity contribution >= 4 is 17.3 Å². The Morgan fingerprint density at radius 2 is 2.30 bits per heavy atom. The van der Waals surface area contributed by atoms with Gasteiger partial charge in [-0.2, -0.15) is 0 Å². The number of hydrogen-bond donors (Lipinski definition) is 0. The normalized spacial score (nSPS) is 17.2. The lowest BCUT2D eigenvalue weighted by Crippen LogP contribution is -2.14. The molecule has 20 heavy (non-hydrogen) atoms. The van der Waals surface area contributed by atoms with E-state index < -0.39 is 0 Å². The number of rotatable bonds is 3. The van der Waals surface area contributed by atoms with E-state index in [-0.39, 0.29) is 11.9 Å². The monoisotopic (exact) mass is 292 g/mol. The molecule has 0 aromatic carbocycles. The molecule has 0 saturated heterocycles. The van der Waals surface area contributed by atoms with Gasteiger partial charge in [-0.25, -0.2) is 4.98 Å². The fourth-order valence-corrected chi connectivity index (χ4v) is 3.88. The van der Waals surface area contributed by atoms with Gasteiger partial charge in [0.1, 0.15) is 16.7 Å². The third-order valence-corrected chi connectivity index (χ3v) is 4.68. The maximum atomic E-state index is 11.9. The van der Waals surface area contributed by atoms with E-state index in [4.69, 9.17) is 9.26 Å². The van der Waals surface area contributed by atoms with Crippen molar-refractivity contribution in [1.29, 1.82) is 0 Å². The van der Waals surface area contributed by atoms with Gasteiger partial charge < -0.3 is 9.26 Å². The number of carbonyl (C=O) groups is 1. The molecular weight excluding hydrogens is 276 g/mol. The first-order valence-electron chi connectivity index (χ1n) is 6.71. The van der Waals surface area contributed by atoms with E-state index in [1.54, 1.807) is 11.3 Å². The Bertz CT molecular complexity index is 640. The highest BCUT2D eigenvalue weighted by Crippen LogP contribution is 2.41. The fraction of sp³-hybridized carbons (Fsp3) is 0.500. The third kappa shape index (κ3) is 2.04. The number of ether oxygens (including phenoxy) is 1. The number of esters is 1. The average molecular weight is 292 g/mol. The van der Waals surface area contributed by atoms with Crippen LogP contribution in [0.25, 0.3) is 10.6 Å². The van der Waals surface area contributed by atoms with E-state index in [1.165, 1.54) is 4.88 Å². The summed E-state index contributed by atoms with van der Waals surface area (Å²) in [4.78, 5) is 17.8.